The number of rotatable bonds is 11. The standard InChI is InChI=1S/C26H30N2O6S/c1-5-34-22-14-11-20(12-15-22)19(2)27-26(29)18-28(35(30,31)23-9-7-6-8-10-23)21-13-16-24(32-3)25(17-21)33-4/h6-17,19H,5,18H2,1-4H3,(H,27,29). The largest absolute Gasteiger partial charge is 0.494 e. The Morgan fingerprint density at radius 2 is 1.60 bits per heavy atom. The van der Waals surface area contributed by atoms with Crippen LogP contribution in [0.5, 0.6) is 17.2 Å². The van der Waals surface area contributed by atoms with Crippen LogP contribution in [0, 0.1) is 0 Å². The van der Waals surface area contributed by atoms with Gasteiger partial charge in [-0.15, -0.1) is 0 Å². The fourth-order valence-corrected chi connectivity index (χ4v) is 4.97. The predicted octanol–water partition coefficient (Wildman–Crippen LogP) is 4.18. The molecule has 0 aliphatic rings. The second kappa shape index (κ2) is 11.6. The van der Waals surface area contributed by atoms with Crippen molar-refractivity contribution in [3.05, 3.63) is 78.4 Å². The lowest BCUT2D eigenvalue weighted by atomic mass is 10.1. The highest BCUT2D eigenvalue weighted by molar-refractivity contribution is 7.92. The van der Waals surface area contributed by atoms with Gasteiger partial charge in [0.2, 0.25) is 5.91 Å². The van der Waals surface area contributed by atoms with E-state index in [1.165, 1.54) is 32.4 Å². The van der Waals surface area contributed by atoms with Crippen molar-refractivity contribution in [1.82, 2.24) is 5.32 Å². The SMILES string of the molecule is CCOc1ccc(C(C)NC(=O)CN(c2ccc(OC)c(OC)c2)S(=O)(=O)c2ccccc2)cc1. The number of hydrogen-bond donors (Lipinski definition) is 1. The molecule has 0 aliphatic heterocycles. The summed E-state index contributed by atoms with van der Waals surface area (Å²) in [5.41, 5.74) is 1.14. The van der Waals surface area contributed by atoms with E-state index in [-0.39, 0.29) is 16.6 Å². The average Bonchev–Trinajstić information content (AvgIpc) is 2.88. The number of nitrogens with zero attached hydrogens (tertiary/aromatic N) is 1. The first-order chi connectivity index (χ1) is 16.8. The second-order valence-corrected chi connectivity index (χ2v) is 9.52. The third-order valence-corrected chi connectivity index (χ3v) is 7.13. The first kappa shape index (κ1) is 25.9. The molecule has 0 saturated heterocycles. The summed E-state index contributed by atoms with van der Waals surface area (Å²) in [6, 6.07) is 19.7. The first-order valence-electron chi connectivity index (χ1n) is 11.1. The Morgan fingerprint density at radius 3 is 2.20 bits per heavy atom. The van der Waals surface area contributed by atoms with Crippen molar-refractivity contribution in [3.8, 4) is 17.2 Å². The van der Waals surface area contributed by atoms with Gasteiger partial charge in [0.15, 0.2) is 11.5 Å². The van der Waals surface area contributed by atoms with Crippen LogP contribution in [0.1, 0.15) is 25.5 Å². The van der Waals surface area contributed by atoms with Crippen LogP contribution in [0.15, 0.2) is 77.7 Å². The molecule has 0 saturated carbocycles. The van der Waals surface area contributed by atoms with Crippen molar-refractivity contribution < 1.29 is 27.4 Å². The number of methoxy groups -OCH3 is 2. The molecule has 0 heterocycles. The highest BCUT2D eigenvalue weighted by atomic mass is 32.2. The number of carbonyl (C=O) groups is 1. The molecule has 3 aromatic carbocycles. The lowest BCUT2D eigenvalue weighted by Crippen LogP contribution is -2.41. The van der Waals surface area contributed by atoms with E-state index in [1.807, 2.05) is 38.1 Å². The van der Waals surface area contributed by atoms with E-state index in [9.17, 15) is 13.2 Å². The molecule has 9 heteroatoms. The van der Waals surface area contributed by atoms with Crippen LogP contribution in [0.3, 0.4) is 0 Å². The van der Waals surface area contributed by atoms with E-state index in [1.54, 1.807) is 30.3 Å². The molecular formula is C26H30N2O6S. The normalized spacial score (nSPS) is 11.9. The van der Waals surface area contributed by atoms with Gasteiger partial charge in [-0.3, -0.25) is 9.10 Å². The summed E-state index contributed by atoms with van der Waals surface area (Å²) in [5.74, 6) is 1.08. The zero-order valence-electron chi connectivity index (χ0n) is 20.2. The van der Waals surface area contributed by atoms with Gasteiger partial charge in [-0.05, 0) is 55.8 Å². The van der Waals surface area contributed by atoms with Gasteiger partial charge in [0.05, 0.1) is 37.5 Å². The fraction of sp³-hybridized carbons (Fsp3) is 0.269. The smallest absolute Gasteiger partial charge is 0.264 e. The third kappa shape index (κ3) is 6.24. The minimum atomic E-state index is -4.05. The van der Waals surface area contributed by atoms with Crippen molar-refractivity contribution >= 4 is 21.6 Å². The third-order valence-electron chi connectivity index (χ3n) is 5.34. The van der Waals surface area contributed by atoms with E-state index < -0.39 is 22.5 Å². The van der Waals surface area contributed by atoms with Crippen LogP contribution in [-0.4, -0.2) is 41.7 Å². The van der Waals surface area contributed by atoms with Gasteiger partial charge >= 0.3 is 0 Å². The average molecular weight is 499 g/mol. The van der Waals surface area contributed by atoms with Gasteiger partial charge in [0.25, 0.3) is 10.0 Å². The molecule has 8 nitrogen and oxygen atoms in total. The van der Waals surface area contributed by atoms with Gasteiger partial charge < -0.3 is 19.5 Å². The minimum absolute atomic E-state index is 0.0714. The van der Waals surface area contributed by atoms with Crippen LogP contribution < -0.4 is 23.8 Å². The Hall–Kier alpha value is -3.72. The number of carbonyl (C=O) groups excluding carboxylic acids is 1. The minimum Gasteiger partial charge on any atom is -0.494 e. The maximum Gasteiger partial charge on any atom is 0.264 e. The number of amides is 1. The van der Waals surface area contributed by atoms with Crippen LogP contribution >= 0.6 is 0 Å². The summed E-state index contributed by atoms with van der Waals surface area (Å²) < 4.78 is 44.2. The van der Waals surface area contributed by atoms with Crippen LogP contribution in [-0.2, 0) is 14.8 Å². The molecule has 0 fully saturated rings. The Bertz CT molecular complexity index is 1230. The molecular weight excluding hydrogens is 468 g/mol. The first-order valence-corrected chi connectivity index (χ1v) is 12.6. The Balaban J connectivity index is 1.89. The molecule has 0 bridgehead atoms. The van der Waals surface area contributed by atoms with E-state index >= 15 is 0 Å². The van der Waals surface area contributed by atoms with E-state index in [0.29, 0.717) is 18.1 Å². The molecule has 1 amide bonds. The van der Waals surface area contributed by atoms with E-state index in [4.69, 9.17) is 14.2 Å². The summed E-state index contributed by atoms with van der Waals surface area (Å²) in [5, 5.41) is 2.88. The van der Waals surface area contributed by atoms with Gasteiger partial charge in [-0.1, -0.05) is 30.3 Å². The second-order valence-electron chi connectivity index (χ2n) is 7.66. The van der Waals surface area contributed by atoms with Crippen molar-refractivity contribution in [3.63, 3.8) is 0 Å². The van der Waals surface area contributed by atoms with Crippen molar-refractivity contribution in [2.75, 3.05) is 31.7 Å². The highest BCUT2D eigenvalue weighted by Crippen LogP contribution is 2.33. The lowest BCUT2D eigenvalue weighted by molar-refractivity contribution is -0.120. The molecule has 35 heavy (non-hydrogen) atoms. The number of sulfonamides is 1. The zero-order valence-corrected chi connectivity index (χ0v) is 21.0. The number of hydrogen-bond acceptors (Lipinski definition) is 6. The number of nitrogens with one attached hydrogen (secondary N) is 1. The summed E-state index contributed by atoms with van der Waals surface area (Å²) in [4.78, 5) is 13.1. The highest BCUT2D eigenvalue weighted by Gasteiger charge is 2.28. The molecule has 186 valence electrons. The summed E-state index contributed by atoms with van der Waals surface area (Å²) in [6.07, 6.45) is 0. The number of ether oxygens (including phenoxy) is 3. The Morgan fingerprint density at radius 1 is 0.943 bits per heavy atom. The fourth-order valence-electron chi connectivity index (χ4n) is 3.54. The van der Waals surface area contributed by atoms with Crippen LogP contribution in [0.4, 0.5) is 5.69 Å². The van der Waals surface area contributed by atoms with Crippen molar-refractivity contribution in [2.45, 2.75) is 24.8 Å². The molecule has 0 aliphatic carbocycles. The lowest BCUT2D eigenvalue weighted by Gasteiger charge is -2.26. The summed E-state index contributed by atoms with van der Waals surface area (Å²) >= 11 is 0. The zero-order chi connectivity index (χ0) is 25.4. The molecule has 3 rings (SSSR count). The van der Waals surface area contributed by atoms with Crippen molar-refractivity contribution in [1.29, 1.82) is 0 Å². The molecule has 1 atom stereocenters. The Labute approximate surface area is 206 Å². The van der Waals surface area contributed by atoms with Gasteiger partial charge in [0.1, 0.15) is 12.3 Å². The predicted molar refractivity (Wildman–Crippen MR) is 135 cm³/mol. The molecule has 1 unspecified atom stereocenters. The van der Waals surface area contributed by atoms with E-state index in [2.05, 4.69) is 5.32 Å². The monoisotopic (exact) mass is 498 g/mol. The number of benzene rings is 3. The molecule has 1 N–H and O–H groups in total. The van der Waals surface area contributed by atoms with Gasteiger partial charge in [-0.2, -0.15) is 0 Å². The molecule has 0 radical (unpaired) electrons. The maximum atomic E-state index is 13.5. The number of anilines is 1. The van der Waals surface area contributed by atoms with E-state index in [0.717, 1.165) is 15.6 Å². The quantitative estimate of drug-likeness (QED) is 0.426. The maximum absolute atomic E-state index is 13.5. The van der Waals surface area contributed by atoms with Gasteiger partial charge in [-0.25, -0.2) is 8.42 Å². The topological polar surface area (TPSA) is 94.2 Å². The summed E-state index contributed by atoms with van der Waals surface area (Å²) in [6.45, 7) is 3.88. The molecule has 3 aromatic rings. The Kier molecular flexibility index (Phi) is 8.59. The van der Waals surface area contributed by atoms with Crippen LogP contribution in [0.2, 0.25) is 0 Å². The van der Waals surface area contributed by atoms with Crippen molar-refractivity contribution in [2.24, 2.45) is 0 Å². The van der Waals surface area contributed by atoms with Crippen LogP contribution in [0.25, 0.3) is 0 Å². The van der Waals surface area contributed by atoms with Gasteiger partial charge in [0, 0.05) is 6.07 Å². The molecule has 0 aromatic heterocycles. The summed E-state index contributed by atoms with van der Waals surface area (Å²) in [7, 11) is -1.09. The molecule has 0 spiro atoms.